The van der Waals surface area contributed by atoms with Crippen LogP contribution in [0.2, 0.25) is 0 Å². The lowest BCUT2D eigenvalue weighted by Gasteiger charge is -2.10. The molecular formula is C24H18BrFN2O6. The molecule has 0 aliphatic carbocycles. The number of hydrogen-bond acceptors (Lipinski definition) is 6. The number of amides is 3. The molecule has 3 amide bonds. The number of imide groups is 1. The lowest BCUT2D eigenvalue weighted by Crippen LogP contribution is -2.30. The van der Waals surface area contributed by atoms with E-state index in [9.17, 15) is 18.8 Å². The standard InChI is InChI=1S/C24H18BrFN2O6/c1-32-23(30)21-8-6-17(34-21)12-28-22(29)19(27-24(28)31)11-14-5-7-20(18(25)10-14)33-13-15-3-2-4-16(26)9-15/h2-11H,12-13H2,1H3,(H,27,31)/b19-11-. The Labute approximate surface area is 202 Å². The number of nitrogens with one attached hydrogen (secondary N) is 1. The minimum Gasteiger partial charge on any atom is -0.488 e. The lowest BCUT2D eigenvalue weighted by molar-refractivity contribution is -0.123. The number of furan rings is 1. The summed E-state index contributed by atoms with van der Waals surface area (Å²) in [6.45, 7) is 0.0420. The molecule has 8 nitrogen and oxygen atoms in total. The predicted molar refractivity (Wildman–Crippen MR) is 122 cm³/mol. The Hall–Kier alpha value is -3.92. The van der Waals surface area contributed by atoms with Gasteiger partial charge >= 0.3 is 12.0 Å². The molecule has 2 heterocycles. The first-order valence-corrected chi connectivity index (χ1v) is 10.8. The predicted octanol–water partition coefficient (Wildman–Crippen LogP) is 4.64. The third-order valence-corrected chi connectivity index (χ3v) is 5.49. The van der Waals surface area contributed by atoms with Crippen molar-refractivity contribution in [3.63, 3.8) is 0 Å². The molecule has 1 saturated heterocycles. The van der Waals surface area contributed by atoms with Crippen LogP contribution in [0.1, 0.15) is 27.4 Å². The number of ether oxygens (including phenoxy) is 2. The maximum Gasteiger partial charge on any atom is 0.373 e. The highest BCUT2D eigenvalue weighted by molar-refractivity contribution is 9.10. The first kappa shape index (κ1) is 23.2. The number of esters is 1. The molecule has 34 heavy (non-hydrogen) atoms. The number of carbonyl (C=O) groups is 3. The molecule has 0 unspecified atom stereocenters. The number of nitrogens with zero attached hydrogens (tertiary/aromatic N) is 1. The van der Waals surface area contributed by atoms with E-state index in [1.165, 1.54) is 37.5 Å². The van der Waals surface area contributed by atoms with Gasteiger partial charge in [0.1, 0.15) is 29.6 Å². The van der Waals surface area contributed by atoms with Crippen LogP contribution in [0.15, 0.2) is 69.2 Å². The lowest BCUT2D eigenvalue weighted by atomic mass is 10.2. The Kier molecular flexibility index (Phi) is 6.78. The zero-order valence-electron chi connectivity index (χ0n) is 17.8. The highest BCUT2D eigenvalue weighted by Gasteiger charge is 2.34. The topological polar surface area (TPSA) is 98.1 Å². The van der Waals surface area contributed by atoms with Gasteiger partial charge in [0, 0.05) is 0 Å². The van der Waals surface area contributed by atoms with Crippen LogP contribution in [-0.2, 0) is 22.7 Å². The summed E-state index contributed by atoms with van der Waals surface area (Å²) in [5, 5.41) is 2.53. The zero-order chi connectivity index (χ0) is 24.2. The van der Waals surface area contributed by atoms with E-state index in [0.717, 1.165) is 4.90 Å². The molecule has 1 aliphatic heterocycles. The molecule has 0 atom stereocenters. The largest absolute Gasteiger partial charge is 0.488 e. The van der Waals surface area contributed by atoms with E-state index in [0.29, 0.717) is 21.3 Å². The second-order valence-corrected chi connectivity index (χ2v) is 8.10. The fourth-order valence-corrected chi connectivity index (χ4v) is 3.73. The van der Waals surface area contributed by atoms with Crippen molar-refractivity contribution in [2.75, 3.05) is 7.11 Å². The van der Waals surface area contributed by atoms with Gasteiger partial charge in [-0.05, 0) is 69.5 Å². The van der Waals surface area contributed by atoms with Crippen LogP contribution in [0.25, 0.3) is 6.08 Å². The first-order valence-electron chi connectivity index (χ1n) is 10.0. The molecule has 174 valence electrons. The highest BCUT2D eigenvalue weighted by atomic mass is 79.9. The van der Waals surface area contributed by atoms with Crippen LogP contribution in [0.4, 0.5) is 9.18 Å². The van der Waals surface area contributed by atoms with Crippen LogP contribution in [0, 0.1) is 5.82 Å². The molecule has 4 rings (SSSR count). The minimum atomic E-state index is -0.655. The van der Waals surface area contributed by atoms with Crippen LogP contribution in [-0.4, -0.2) is 29.9 Å². The van der Waals surface area contributed by atoms with Crippen molar-refractivity contribution in [1.82, 2.24) is 10.2 Å². The second kappa shape index (κ2) is 9.92. The SMILES string of the molecule is COC(=O)c1ccc(CN2C(=O)N/C(=C\c3ccc(OCc4cccc(F)c4)c(Br)c3)C2=O)o1. The second-order valence-electron chi connectivity index (χ2n) is 7.25. The number of halogens is 2. The van der Waals surface area contributed by atoms with Crippen molar-refractivity contribution in [3.8, 4) is 5.75 Å². The quantitative estimate of drug-likeness (QED) is 0.272. The van der Waals surface area contributed by atoms with Gasteiger partial charge in [0.25, 0.3) is 5.91 Å². The van der Waals surface area contributed by atoms with Gasteiger partial charge < -0.3 is 19.2 Å². The van der Waals surface area contributed by atoms with Crippen molar-refractivity contribution in [1.29, 1.82) is 0 Å². The van der Waals surface area contributed by atoms with E-state index in [4.69, 9.17) is 9.15 Å². The smallest absolute Gasteiger partial charge is 0.373 e. The molecule has 1 aliphatic rings. The first-order chi connectivity index (χ1) is 16.3. The van der Waals surface area contributed by atoms with Gasteiger partial charge in [-0.1, -0.05) is 18.2 Å². The normalized spacial score (nSPS) is 14.4. The molecular weight excluding hydrogens is 511 g/mol. The molecule has 0 spiro atoms. The summed E-state index contributed by atoms with van der Waals surface area (Å²) in [5.41, 5.74) is 1.42. The molecule has 1 aromatic heterocycles. The molecule has 0 radical (unpaired) electrons. The van der Waals surface area contributed by atoms with Crippen molar-refractivity contribution in [3.05, 3.63) is 93.2 Å². The van der Waals surface area contributed by atoms with Gasteiger partial charge in [-0.25, -0.2) is 14.0 Å². The van der Waals surface area contributed by atoms with Gasteiger partial charge in [0.05, 0.1) is 18.1 Å². The fourth-order valence-electron chi connectivity index (χ4n) is 3.22. The van der Waals surface area contributed by atoms with E-state index in [2.05, 4.69) is 26.0 Å². The van der Waals surface area contributed by atoms with Crippen molar-refractivity contribution >= 4 is 39.9 Å². The Balaban J connectivity index is 1.43. The molecule has 1 fully saturated rings. The summed E-state index contributed by atoms with van der Waals surface area (Å²) < 4.78 is 29.6. The number of urea groups is 1. The summed E-state index contributed by atoms with van der Waals surface area (Å²) in [5.74, 6) is -0.761. The molecule has 0 saturated carbocycles. The molecule has 1 N–H and O–H groups in total. The van der Waals surface area contributed by atoms with Gasteiger partial charge in [-0.3, -0.25) is 9.69 Å². The zero-order valence-corrected chi connectivity index (χ0v) is 19.4. The molecule has 0 bridgehead atoms. The summed E-state index contributed by atoms with van der Waals surface area (Å²) in [7, 11) is 1.22. The van der Waals surface area contributed by atoms with E-state index in [-0.39, 0.29) is 36.2 Å². The van der Waals surface area contributed by atoms with E-state index < -0.39 is 17.9 Å². The molecule has 3 aromatic rings. The van der Waals surface area contributed by atoms with Gasteiger partial charge in [0.15, 0.2) is 0 Å². The molecule has 10 heteroatoms. The van der Waals surface area contributed by atoms with Gasteiger partial charge in [-0.15, -0.1) is 0 Å². The van der Waals surface area contributed by atoms with E-state index >= 15 is 0 Å². The fraction of sp³-hybridized carbons (Fsp3) is 0.125. The number of rotatable bonds is 7. The Bertz CT molecular complexity index is 1300. The third kappa shape index (κ3) is 5.18. The monoisotopic (exact) mass is 528 g/mol. The van der Waals surface area contributed by atoms with Gasteiger partial charge in [0.2, 0.25) is 5.76 Å². The Morgan fingerprint density at radius 2 is 2.00 bits per heavy atom. The number of benzene rings is 2. The van der Waals surface area contributed by atoms with Crippen LogP contribution in [0.3, 0.4) is 0 Å². The van der Waals surface area contributed by atoms with Crippen LogP contribution in [0.5, 0.6) is 5.75 Å². The Morgan fingerprint density at radius 3 is 2.74 bits per heavy atom. The average Bonchev–Trinajstić information content (AvgIpc) is 3.38. The van der Waals surface area contributed by atoms with Crippen molar-refractivity contribution < 1.29 is 32.7 Å². The van der Waals surface area contributed by atoms with Gasteiger partial charge in [-0.2, -0.15) is 0 Å². The molecule has 2 aromatic carbocycles. The minimum absolute atomic E-state index is 0.0233. The number of hydrogen-bond donors (Lipinski definition) is 1. The summed E-state index contributed by atoms with van der Waals surface area (Å²) >= 11 is 3.43. The summed E-state index contributed by atoms with van der Waals surface area (Å²) in [6.07, 6.45) is 1.53. The van der Waals surface area contributed by atoms with E-state index in [1.807, 2.05) is 0 Å². The van der Waals surface area contributed by atoms with E-state index in [1.54, 1.807) is 30.3 Å². The summed E-state index contributed by atoms with van der Waals surface area (Å²) in [6, 6.07) is 13.6. The average molecular weight is 529 g/mol. The van der Waals surface area contributed by atoms with Crippen molar-refractivity contribution in [2.24, 2.45) is 0 Å². The Morgan fingerprint density at radius 1 is 1.18 bits per heavy atom. The summed E-state index contributed by atoms with van der Waals surface area (Å²) in [4.78, 5) is 37.5. The number of carbonyl (C=O) groups excluding carboxylic acids is 3. The van der Waals surface area contributed by atoms with Crippen molar-refractivity contribution in [2.45, 2.75) is 13.2 Å². The maximum atomic E-state index is 13.3. The highest BCUT2D eigenvalue weighted by Crippen LogP contribution is 2.28. The third-order valence-electron chi connectivity index (χ3n) is 4.87. The number of methoxy groups -OCH3 is 1. The van der Waals surface area contributed by atoms with Crippen LogP contribution >= 0.6 is 15.9 Å². The maximum absolute atomic E-state index is 13.3. The van der Waals surface area contributed by atoms with Crippen LogP contribution < -0.4 is 10.1 Å².